The van der Waals surface area contributed by atoms with Gasteiger partial charge in [-0.2, -0.15) is 0 Å². The number of fused-ring (bicyclic) bond motifs is 1. The Labute approximate surface area is 152 Å². The maximum atomic E-state index is 13.2. The summed E-state index contributed by atoms with van der Waals surface area (Å²) in [5, 5.41) is 1.71. The zero-order valence-electron chi connectivity index (χ0n) is 14.6. The minimum Gasteiger partial charge on any atom is -0.489 e. The van der Waals surface area contributed by atoms with Crippen LogP contribution in [0, 0.1) is 0 Å². The molecule has 2 aromatic carbocycles. The molecule has 0 radical (unpaired) electrons. The van der Waals surface area contributed by atoms with Gasteiger partial charge in [0.2, 0.25) is 11.8 Å². The van der Waals surface area contributed by atoms with E-state index in [1.807, 2.05) is 61.5 Å². The van der Waals surface area contributed by atoms with Crippen molar-refractivity contribution in [1.82, 2.24) is 10.4 Å². The molecule has 2 atom stereocenters. The molecule has 134 valence electrons. The van der Waals surface area contributed by atoms with Crippen LogP contribution in [0.5, 0.6) is 5.75 Å². The lowest BCUT2D eigenvalue weighted by atomic mass is 10.0. The number of hydrogen-bond donors (Lipinski definition) is 1. The van der Waals surface area contributed by atoms with Gasteiger partial charge in [-0.15, -0.1) is 0 Å². The molecule has 0 aromatic heterocycles. The van der Waals surface area contributed by atoms with E-state index in [1.54, 1.807) is 9.91 Å². The van der Waals surface area contributed by atoms with Gasteiger partial charge < -0.3 is 4.74 Å². The van der Waals surface area contributed by atoms with Crippen LogP contribution in [0.2, 0.25) is 0 Å². The Kier molecular flexibility index (Phi) is 4.34. The lowest BCUT2D eigenvalue weighted by Gasteiger charge is -2.38. The smallest absolute Gasteiger partial charge is 0.243 e. The van der Waals surface area contributed by atoms with Gasteiger partial charge in [-0.1, -0.05) is 42.5 Å². The van der Waals surface area contributed by atoms with Crippen LogP contribution in [0.1, 0.15) is 24.9 Å². The molecular formula is C20H21N3O3. The quantitative estimate of drug-likeness (QED) is 0.922. The van der Waals surface area contributed by atoms with Gasteiger partial charge in [0, 0.05) is 12.5 Å². The Hall–Kier alpha value is -2.86. The van der Waals surface area contributed by atoms with E-state index in [9.17, 15) is 9.59 Å². The molecular weight excluding hydrogens is 330 g/mol. The highest BCUT2D eigenvalue weighted by atomic mass is 16.5. The highest BCUT2D eigenvalue weighted by Crippen LogP contribution is 2.39. The van der Waals surface area contributed by atoms with E-state index in [2.05, 4.69) is 5.43 Å². The first-order chi connectivity index (χ1) is 12.6. The summed E-state index contributed by atoms with van der Waals surface area (Å²) in [6, 6.07) is 17.2. The molecule has 26 heavy (non-hydrogen) atoms. The predicted molar refractivity (Wildman–Crippen MR) is 97.5 cm³/mol. The van der Waals surface area contributed by atoms with Crippen molar-refractivity contribution in [3.8, 4) is 5.75 Å². The summed E-state index contributed by atoms with van der Waals surface area (Å²) in [5.74, 6) is 0.586. The molecule has 0 bridgehead atoms. The van der Waals surface area contributed by atoms with E-state index < -0.39 is 0 Å². The number of amides is 2. The van der Waals surface area contributed by atoms with Gasteiger partial charge in [0.05, 0.1) is 18.3 Å². The van der Waals surface area contributed by atoms with Crippen LogP contribution in [-0.2, 0) is 9.59 Å². The summed E-state index contributed by atoms with van der Waals surface area (Å²) in [7, 11) is 0. The van der Waals surface area contributed by atoms with Crippen LogP contribution in [0.4, 0.5) is 5.69 Å². The third kappa shape index (κ3) is 3.04. The van der Waals surface area contributed by atoms with Crippen molar-refractivity contribution in [2.45, 2.75) is 25.4 Å². The Morgan fingerprint density at radius 3 is 2.62 bits per heavy atom. The lowest BCUT2D eigenvalue weighted by molar-refractivity contribution is -0.123. The number of hydrogen-bond acceptors (Lipinski definition) is 4. The second-order valence-corrected chi connectivity index (χ2v) is 6.68. The monoisotopic (exact) mass is 351 g/mol. The van der Waals surface area contributed by atoms with Crippen molar-refractivity contribution in [3.05, 3.63) is 60.2 Å². The number of ether oxygens (including phenoxy) is 1. The third-order valence-corrected chi connectivity index (χ3v) is 4.87. The molecule has 6 heteroatoms. The first-order valence-electron chi connectivity index (χ1n) is 8.78. The van der Waals surface area contributed by atoms with E-state index in [4.69, 9.17) is 4.74 Å². The molecule has 6 nitrogen and oxygen atoms in total. The molecule has 1 fully saturated rings. The minimum absolute atomic E-state index is 0.00194. The number of hydrazine groups is 1. The summed E-state index contributed by atoms with van der Waals surface area (Å²) in [4.78, 5) is 26.6. The molecule has 2 heterocycles. The third-order valence-electron chi connectivity index (χ3n) is 4.87. The van der Waals surface area contributed by atoms with Gasteiger partial charge in [-0.05, 0) is 24.6 Å². The highest BCUT2D eigenvalue weighted by Gasteiger charge is 2.36. The van der Waals surface area contributed by atoms with Crippen LogP contribution in [0.15, 0.2) is 54.6 Å². The maximum absolute atomic E-state index is 13.2. The molecule has 2 aliphatic heterocycles. The van der Waals surface area contributed by atoms with Crippen molar-refractivity contribution in [1.29, 1.82) is 0 Å². The molecule has 2 aliphatic rings. The van der Waals surface area contributed by atoms with Crippen LogP contribution in [0.3, 0.4) is 0 Å². The number of anilines is 1. The number of nitrogens with one attached hydrogen (secondary N) is 1. The molecule has 0 spiro atoms. The van der Waals surface area contributed by atoms with Crippen LogP contribution < -0.4 is 15.1 Å². The Bertz CT molecular complexity index is 824. The van der Waals surface area contributed by atoms with Crippen molar-refractivity contribution in [2.24, 2.45) is 0 Å². The summed E-state index contributed by atoms with van der Waals surface area (Å²) in [5.41, 5.74) is 4.55. The standard InChI is InChI=1S/C20H21N3O3/c1-14-11-19(24)21-22(14)12-20(25)23-16-9-5-6-10-18(16)26-13-17(23)15-7-3-2-4-8-15/h2-10,14,17H,11-13H2,1H3,(H,21,24)/t14-,17-/m0/s1. The van der Waals surface area contributed by atoms with Crippen molar-refractivity contribution in [3.63, 3.8) is 0 Å². The number of carbonyl (C=O) groups excluding carboxylic acids is 2. The fourth-order valence-corrected chi connectivity index (χ4v) is 3.53. The summed E-state index contributed by atoms with van der Waals surface area (Å²) in [6.45, 7) is 2.46. The second kappa shape index (κ2) is 6.80. The SMILES string of the molecule is C[C@H]1CC(=O)NN1CC(=O)N1c2ccccc2OC[C@H]1c1ccccc1. The van der Waals surface area contributed by atoms with Crippen molar-refractivity contribution >= 4 is 17.5 Å². The highest BCUT2D eigenvalue weighted by molar-refractivity contribution is 5.97. The molecule has 1 N–H and O–H groups in total. The van der Waals surface area contributed by atoms with E-state index >= 15 is 0 Å². The number of nitrogens with zero attached hydrogens (tertiary/aromatic N) is 2. The second-order valence-electron chi connectivity index (χ2n) is 6.68. The fraction of sp³-hybridized carbons (Fsp3) is 0.300. The summed E-state index contributed by atoms with van der Waals surface area (Å²) in [6.07, 6.45) is 0.412. The molecule has 2 aromatic rings. The molecule has 0 unspecified atom stereocenters. The van der Waals surface area contributed by atoms with E-state index in [-0.39, 0.29) is 30.4 Å². The van der Waals surface area contributed by atoms with Crippen LogP contribution >= 0.6 is 0 Å². The Morgan fingerprint density at radius 1 is 1.15 bits per heavy atom. The topological polar surface area (TPSA) is 61.9 Å². The largest absolute Gasteiger partial charge is 0.489 e. The van der Waals surface area contributed by atoms with E-state index in [0.717, 1.165) is 11.3 Å². The Balaban J connectivity index is 1.66. The number of benzene rings is 2. The van der Waals surface area contributed by atoms with Crippen molar-refractivity contribution < 1.29 is 14.3 Å². The molecule has 0 saturated carbocycles. The van der Waals surface area contributed by atoms with Gasteiger partial charge in [0.1, 0.15) is 12.4 Å². The van der Waals surface area contributed by atoms with E-state index in [1.165, 1.54) is 0 Å². The number of rotatable bonds is 3. The van der Waals surface area contributed by atoms with Gasteiger partial charge in [-0.3, -0.25) is 19.9 Å². The molecule has 4 rings (SSSR count). The average molecular weight is 351 g/mol. The molecule has 2 amide bonds. The fourth-order valence-electron chi connectivity index (χ4n) is 3.53. The van der Waals surface area contributed by atoms with Gasteiger partial charge in [0.25, 0.3) is 0 Å². The minimum atomic E-state index is -0.202. The number of carbonyl (C=O) groups is 2. The number of para-hydroxylation sites is 2. The first-order valence-corrected chi connectivity index (χ1v) is 8.78. The van der Waals surface area contributed by atoms with Gasteiger partial charge >= 0.3 is 0 Å². The zero-order chi connectivity index (χ0) is 18.1. The normalized spacial score (nSPS) is 22.5. The summed E-state index contributed by atoms with van der Waals surface area (Å²) < 4.78 is 5.90. The van der Waals surface area contributed by atoms with E-state index in [0.29, 0.717) is 18.8 Å². The van der Waals surface area contributed by atoms with Gasteiger partial charge in [0.15, 0.2) is 0 Å². The van der Waals surface area contributed by atoms with Crippen LogP contribution in [0.25, 0.3) is 0 Å². The average Bonchev–Trinajstić information content (AvgIpc) is 2.98. The first kappa shape index (κ1) is 16.6. The zero-order valence-corrected chi connectivity index (χ0v) is 14.6. The summed E-state index contributed by atoms with van der Waals surface area (Å²) >= 11 is 0. The predicted octanol–water partition coefficient (Wildman–Crippen LogP) is 2.28. The lowest BCUT2D eigenvalue weighted by Crippen LogP contribution is -2.49. The molecule has 1 saturated heterocycles. The van der Waals surface area contributed by atoms with Gasteiger partial charge in [-0.25, -0.2) is 5.01 Å². The van der Waals surface area contributed by atoms with Crippen LogP contribution in [-0.4, -0.2) is 36.0 Å². The maximum Gasteiger partial charge on any atom is 0.243 e. The molecule has 0 aliphatic carbocycles. The van der Waals surface area contributed by atoms with Crippen molar-refractivity contribution in [2.75, 3.05) is 18.1 Å². The Morgan fingerprint density at radius 2 is 1.88 bits per heavy atom.